The van der Waals surface area contributed by atoms with Crippen LogP contribution in [0.3, 0.4) is 0 Å². The molecule has 1 aromatic carbocycles. The Morgan fingerprint density at radius 3 is 2.43 bits per heavy atom. The number of hydrogen-bond donors (Lipinski definition) is 0. The average molecular weight is 316 g/mol. The van der Waals surface area contributed by atoms with Crippen LogP contribution in [0.5, 0.6) is 5.75 Å². The zero-order valence-corrected chi connectivity index (χ0v) is 14.4. The second-order valence-electron chi connectivity index (χ2n) is 6.80. The maximum Gasteiger partial charge on any atom is 0.254 e. The van der Waals surface area contributed by atoms with Crippen LogP contribution in [0, 0.1) is 6.92 Å². The van der Waals surface area contributed by atoms with E-state index in [4.69, 9.17) is 4.74 Å². The summed E-state index contributed by atoms with van der Waals surface area (Å²) in [6.07, 6.45) is 6.80. The Morgan fingerprint density at radius 1 is 1.09 bits per heavy atom. The molecule has 4 nitrogen and oxygen atoms in total. The van der Waals surface area contributed by atoms with E-state index in [1.807, 2.05) is 30.0 Å². The zero-order valence-electron chi connectivity index (χ0n) is 14.4. The lowest BCUT2D eigenvalue weighted by molar-refractivity contribution is 0.0523. The first-order valence-corrected chi connectivity index (χ1v) is 8.87. The van der Waals surface area contributed by atoms with Gasteiger partial charge in [0.05, 0.1) is 7.11 Å². The lowest BCUT2D eigenvalue weighted by atomic mass is 9.94. The minimum absolute atomic E-state index is 0.131. The summed E-state index contributed by atoms with van der Waals surface area (Å²) in [6, 6.07) is 6.49. The van der Waals surface area contributed by atoms with Crippen molar-refractivity contribution in [1.82, 2.24) is 9.80 Å². The molecule has 0 bridgehead atoms. The number of aryl methyl sites for hydroxylation is 1. The van der Waals surface area contributed by atoms with Gasteiger partial charge in [0.15, 0.2) is 0 Å². The summed E-state index contributed by atoms with van der Waals surface area (Å²) in [5.74, 6) is 0.920. The number of hydrogen-bond acceptors (Lipinski definition) is 3. The molecule has 1 amide bonds. The van der Waals surface area contributed by atoms with Crippen LogP contribution in [0.25, 0.3) is 0 Å². The van der Waals surface area contributed by atoms with Crippen molar-refractivity contribution >= 4 is 5.91 Å². The highest BCUT2D eigenvalue weighted by Crippen LogP contribution is 2.24. The highest BCUT2D eigenvalue weighted by Gasteiger charge is 2.27. The number of methoxy groups -OCH3 is 1. The summed E-state index contributed by atoms with van der Waals surface area (Å²) in [7, 11) is 1.65. The quantitative estimate of drug-likeness (QED) is 0.859. The van der Waals surface area contributed by atoms with Gasteiger partial charge in [-0.15, -0.1) is 0 Å². The predicted octanol–water partition coefficient (Wildman–Crippen LogP) is 3.09. The van der Waals surface area contributed by atoms with Gasteiger partial charge in [-0.1, -0.05) is 25.3 Å². The molecule has 1 saturated heterocycles. The molecule has 0 spiro atoms. The summed E-state index contributed by atoms with van der Waals surface area (Å²) >= 11 is 0. The number of carbonyl (C=O) groups excluding carboxylic acids is 1. The first kappa shape index (κ1) is 16.3. The van der Waals surface area contributed by atoms with Crippen LogP contribution in [0.1, 0.15) is 48.0 Å². The van der Waals surface area contributed by atoms with Gasteiger partial charge in [-0.3, -0.25) is 9.69 Å². The molecular formula is C19H28N2O2. The van der Waals surface area contributed by atoms with Gasteiger partial charge in [-0.2, -0.15) is 0 Å². The van der Waals surface area contributed by atoms with E-state index in [0.717, 1.165) is 49.1 Å². The molecule has 3 rings (SSSR count). The standard InChI is InChI=1S/C19H28N2O2/c1-15-8-9-16(14-18(15)23-2)19(22)21-12-10-20(11-13-21)17-6-4-3-5-7-17/h8-9,14,17H,3-7,10-13H2,1-2H3. The molecule has 23 heavy (non-hydrogen) atoms. The molecule has 0 atom stereocenters. The number of ether oxygens (including phenoxy) is 1. The monoisotopic (exact) mass is 316 g/mol. The number of piperazine rings is 1. The normalized spacial score (nSPS) is 20.5. The number of benzene rings is 1. The molecule has 1 aliphatic carbocycles. The van der Waals surface area contributed by atoms with Crippen molar-refractivity contribution in [2.75, 3.05) is 33.3 Å². The number of amides is 1. The fourth-order valence-electron chi connectivity index (χ4n) is 3.87. The van der Waals surface area contributed by atoms with E-state index in [0.29, 0.717) is 0 Å². The number of rotatable bonds is 3. The molecule has 1 heterocycles. The van der Waals surface area contributed by atoms with Gasteiger partial charge in [-0.25, -0.2) is 0 Å². The van der Waals surface area contributed by atoms with Crippen molar-refractivity contribution in [3.63, 3.8) is 0 Å². The smallest absolute Gasteiger partial charge is 0.254 e. The van der Waals surface area contributed by atoms with Gasteiger partial charge in [-0.05, 0) is 37.5 Å². The van der Waals surface area contributed by atoms with Gasteiger partial charge in [0, 0.05) is 37.8 Å². The van der Waals surface area contributed by atoms with E-state index in [9.17, 15) is 4.79 Å². The number of nitrogens with zero attached hydrogens (tertiary/aromatic N) is 2. The lowest BCUT2D eigenvalue weighted by Gasteiger charge is -2.40. The van der Waals surface area contributed by atoms with Crippen molar-refractivity contribution in [3.05, 3.63) is 29.3 Å². The Bertz CT molecular complexity index is 544. The Hall–Kier alpha value is -1.55. The van der Waals surface area contributed by atoms with E-state index in [1.165, 1.54) is 32.1 Å². The van der Waals surface area contributed by atoms with Crippen molar-refractivity contribution in [2.24, 2.45) is 0 Å². The molecule has 0 N–H and O–H groups in total. The molecule has 1 aliphatic heterocycles. The van der Waals surface area contributed by atoms with Gasteiger partial charge in [0.1, 0.15) is 5.75 Å². The van der Waals surface area contributed by atoms with Crippen molar-refractivity contribution < 1.29 is 9.53 Å². The molecule has 2 fully saturated rings. The minimum Gasteiger partial charge on any atom is -0.496 e. The summed E-state index contributed by atoms with van der Waals surface area (Å²) in [5.41, 5.74) is 1.80. The Balaban J connectivity index is 1.59. The molecule has 1 saturated carbocycles. The molecule has 1 aromatic rings. The summed E-state index contributed by atoms with van der Waals surface area (Å²) in [5, 5.41) is 0. The highest BCUT2D eigenvalue weighted by molar-refractivity contribution is 5.94. The van der Waals surface area contributed by atoms with E-state index < -0.39 is 0 Å². The van der Waals surface area contributed by atoms with E-state index >= 15 is 0 Å². The minimum atomic E-state index is 0.131. The fraction of sp³-hybridized carbons (Fsp3) is 0.632. The van der Waals surface area contributed by atoms with Crippen LogP contribution in [0.2, 0.25) is 0 Å². The van der Waals surface area contributed by atoms with Crippen molar-refractivity contribution in [2.45, 2.75) is 45.1 Å². The van der Waals surface area contributed by atoms with Crippen LogP contribution in [-0.4, -0.2) is 55.0 Å². The maximum absolute atomic E-state index is 12.7. The molecule has 0 unspecified atom stereocenters. The maximum atomic E-state index is 12.7. The molecule has 0 aromatic heterocycles. The second kappa shape index (κ2) is 7.35. The number of carbonyl (C=O) groups is 1. The van der Waals surface area contributed by atoms with Gasteiger partial charge in [0.25, 0.3) is 5.91 Å². The Morgan fingerprint density at radius 2 is 1.78 bits per heavy atom. The molecule has 2 aliphatic rings. The predicted molar refractivity (Wildman–Crippen MR) is 92.1 cm³/mol. The average Bonchev–Trinajstić information content (AvgIpc) is 2.62. The lowest BCUT2D eigenvalue weighted by Crippen LogP contribution is -2.52. The second-order valence-corrected chi connectivity index (χ2v) is 6.80. The Kier molecular flexibility index (Phi) is 5.21. The van der Waals surface area contributed by atoms with E-state index in [1.54, 1.807) is 7.11 Å². The third kappa shape index (κ3) is 3.69. The van der Waals surface area contributed by atoms with Crippen LogP contribution >= 0.6 is 0 Å². The van der Waals surface area contributed by atoms with Gasteiger partial charge < -0.3 is 9.64 Å². The molecule has 126 valence electrons. The third-order valence-corrected chi connectivity index (χ3v) is 5.35. The van der Waals surface area contributed by atoms with E-state index in [-0.39, 0.29) is 5.91 Å². The van der Waals surface area contributed by atoms with Gasteiger partial charge in [0.2, 0.25) is 0 Å². The van der Waals surface area contributed by atoms with Gasteiger partial charge >= 0.3 is 0 Å². The van der Waals surface area contributed by atoms with Crippen molar-refractivity contribution in [1.29, 1.82) is 0 Å². The molecular weight excluding hydrogens is 288 g/mol. The first-order valence-electron chi connectivity index (χ1n) is 8.87. The Labute approximate surface area is 139 Å². The van der Waals surface area contributed by atoms with E-state index in [2.05, 4.69) is 4.90 Å². The van der Waals surface area contributed by atoms with Crippen LogP contribution in [0.4, 0.5) is 0 Å². The largest absolute Gasteiger partial charge is 0.496 e. The third-order valence-electron chi connectivity index (χ3n) is 5.35. The fourth-order valence-corrected chi connectivity index (χ4v) is 3.87. The molecule has 4 heteroatoms. The zero-order chi connectivity index (χ0) is 16.2. The SMILES string of the molecule is COc1cc(C(=O)N2CCN(C3CCCCC3)CC2)ccc1C. The summed E-state index contributed by atoms with van der Waals surface area (Å²) in [4.78, 5) is 17.3. The van der Waals surface area contributed by atoms with Crippen LogP contribution in [0.15, 0.2) is 18.2 Å². The van der Waals surface area contributed by atoms with Crippen LogP contribution < -0.4 is 4.74 Å². The first-order chi connectivity index (χ1) is 11.2. The highest BCUT2D eigenvalue weighted by atomic mass is 16.5. The summed E-state index contributed by atoms with van der Waals surface area (Å²) in [6.45, 7) is 5.70. The van der Waals surface area contributed by atoms with Crippen molar-refractivity contribution in [3.8, 4) is 5.75 Å². The topological polar surface area (TPSA) is 32.8 Å². The summed E-state index contributed by atoms with van der Waals surface area (Å²) < 4.78 is 5.34. The van der Waals surface area contributed by atoms with Crippen LogP contribution in [-0.2, 0) is 0 Å². The molecule has 0 radical (unpaired) electrons.